The van der Waals surface area contributed by atoms with Gasteiger partial charge in [0.25, 0.3) is 0 Å². The zero-order chi connectivity index (χ0) is 10.8. The average molecular weight is 266 g/mol. The van der Waals surface area contributed by atoms with E-state index >= 15 is 0 Å². The third-order valence-electron chi connectivity index (χ3n) is 1.67. The van der Waals surface area contributed by atoms with Crippen LogP contribution in [0.3, 0.4) is 0 Å². The highest BCUT2D eigenvalue weighted by molar-refractivity contribution is 9.09. The lowest BCUT2D eigenvalue weighted by Gasteiger charge is -2.07. The minimum Gasteiger partial charge on any atom is -0.379 e. The second-order valence-electron chi connectivity index (χ2n) is 3.42. The summed E-state index contributed by atoms with van der Waals surface area (Å²) in [6.07, 6.45) is 2.86. The van der Waals surface area contributed by atoms with E-state index in [-0.39, 0.29) is 5.91 Å². The maximum Gasteiger partial charge on any atom is 0.220 e. The van der Waals surface area contributed by atoms with Crippen LogP contribution in [0.2, 0.25) is 0 Å². The molecular formula is C10H20BrNO2. The zero-order valence-corrected chi connectivity index (χ0v) is 10.6. The van der Waals surface area contributed by atoms with Gasteiger partial charge in [0.15, 0.2) is 0 Å². The Morgan fingerprint density at radius 2 is 2.14 bits per heavy atom. The van der Waals surface area contributed by atoms with Crippen LogP contribution in [0, 0.1) is 0 Å². The van der Waals surface area contributed by atoms with E-state index < -0.39 is 0 Å². The van der Waals surface area contributed by atoms with E-state index in [0.717, 1.165) is 31.3 Å². The molecule has 0 aromatic rings. The van der Waals surface area contributed by atoms with Crippen molar-refractivity contribution in [2.45, 2.75) is 39.2 Å². The lowest BCUT2D eigenvalue weighted by atomic mass is 10.3. The number of ether oxygens (including phenoxy) is 1. The summed E-state index contributed by atoms with van der Waals surface area (Å²) >= 11 is 3.22. The number of hydrogen-bond acceptors (Lipinski definition) is 2. The van der Waals surface area contributed by atoms with Crippen molar-refractivity contribution in [3.05, 3.63) is 0 Å². The van der Waals surface area contributed by atoms with Crippen molar-refractivity contribution in [2.24, 2.45) is 0 Å². The third kappa shape index (κ3) is 9.99. The molecule has 0 aromatic heterocycles. The first-order valence-corrected chi connectivity index (χ1v) is 6.23. The van der Waals surface area contributed by atoms with Crippen molar-refractivity contribution in [1.29, 1.82) is 0 Å². The fraction of sp³-hybridized carbons (Fsp3) is 0.900. The summed E-state index contributed by atoms with van der Waals surface area (Å²) in [5.41, 5.74) is 0. The van der Waals surface area contributed by atoms with E-state index in [4.69, 9.17) is 4.74 Å². The summed E-state index contributed by atoms with van der Waals surface area (Å²) in [7, 11) is 0. The van der Waals surface area contributed by atoms with Gasteiger partial charge in [-0.3, -0.25) is 4.79 Å². The first kappa shape index (κ1) is 13.9. The van der Waals surface area contributed by atoms with E-state index in [0.29, 0.717) is 12.5 Å². The molecular weight excluding hydrogens is 246 g/mol. The minimum atomic E-state index is 0.117. The van der Waals surface area contributed by atoms with Gasteiger partial charge in [-0.05, 0) is 26.7 Å². The van der Waals surface area contributed by atoms with Gasteiger partial charge in [-0.25, -0.2) is 0 Å². The Hall–Kier alpha value is -0.0900. The highest BCUT2D eigenvalue weighted by Crippen LogP contribution is 1.94. The number of carbonyl (C=O) groups is 1. The molecule has 4 heteroatoms. The molecule has 0 spiro atoms. The Morgan fingerprint density at radius 1 is 1.43 bits per heavy atom. The summed E-state index contributed by atoms with van der Waals surface area (Å²) in [6, 6.07) is 0. The Labute approximate surface area is 94.7 Å². The topological polar surface area (TPSA) is 38.3 Å². The van der Waals surface area contributed by atoms with Gasteiger partial charge in [0.1, 0.15) is 0 Å². The summed E-state index contributed by atoms with van der Waals surface area (Å²) in [5, 5.41) is 3.58. The lowest BCUT2D eigenvalue weighted by Crippen LogP contribution is -2.24. The molecule has 3 nitrogen and oxygen atoms in total. The first-order valence-electron chi connectivity index (χ1n) is 5.11. The molecule has 0 aliphatic heterocycles. The van der Waals surface area contributed by atoms with E-state index in [9.17, 15) is 4.79 Å². The van der Waals surface area contributed by atoms with Crippen LogP contribution >= 0.6 is 15.9 Å². The molecule has 0 fully saturated rings. The van der Waals surface area contributed by atoms with Crippen molar-refractivity contribution < 1.29 is 9.53 Å². The highest BCUT2D eigenvalue weighted by atomic mass is 79.9. The normalized spacial score (nSPS) is 10.6. The number of alkyl halides is 1. The van der Waals surface area contributed by atoms with E-state index in [1.807, 2.05) is 13.8 Å². The molecule has 1 N–H and O–H groups in total. The van der Waals surface area contributed by atoms with Gasteiger partial charge in [0, 0.05) is 24.9 Å². The molecule has 0 aromatic carbocycles. The van der Waals surface area contributed by atoms with Crippen LogP contribution in [0.5, 0.6) is 0 Å². The average Bonchev–Trinajstić information content (AvgIpc) is 2.11. The molecule has 0 heterocycles. The van der Waals surface area contributed by atoms with E-state index in [1.54, 1.807) is 0 Å². The molecule has 0 atom stereocenters. The summed E-state index contributed by atoms with van der Waals surface area (Å²) in [5.74, 6) is 0.117. The van der Waals surface area contributed by atoms with Gasteiger partial charge < -0.3 is 10.1 Å². The van der Waals surface area contributed by atoms with Gasteiger partial charge in [-0.15, -0.1) is 0 Å². The van der Waals surface area contributed by atoms with Crippen molar-refractivity contribution in [1.82, 2.24) is 5.32 Å². The van der Waals surface area contributed by atoms with Gasteiger partial charge >= 0.3 is 0 Å². The molecule has 0 rings (SSSR count). The number of nitrogens with one attached hydrogen (secondary N) is 1. The monoisotopic (exact) mass is 265 g/mol. The molecule has 0 unspecified atom stereocenters. The van der Waals surface area contributed by atoms with Crippen molar-refractivity contribution in [3.63, 3.8) is 0 Å². The molecule has 0 aliphatic rings. The second-order valence-corrected chi connectivity index (χ2v) is 4.21. The first-order chi connectivity index (χ1) is 6.66. The molecule has 0 bridgehead atoms. The predicted molar refractivity (Wildman–Crippen MR) is 61.7 cm³/mol. The number of rotatable bonds is 8. The molecule has 0 saturated carbocycles. The number of hydrogen-bond donors (Lipinski definition) is 1. The zero-order valence-electron chi connectivity index (χ0n) is 9.01. The summed E-state index contributed by atoms with van der Waals surface area (Å²) in [6.45, 7) is 5.59. The predicted octanol–water partition coefficient (Wildman–Crippen LogP) is 2.09. The minimum absolute atomic E-state index is 0.117. The molecule has 0 aliphatic carbocycles. The van der Waals surface area contributed by atoms with Gasteiger partial charge in [0.05, 0.1) is 6.10 Å². The fourth-order valence-corrected chi connectivity index (χ4v) is 1.31. The number of carbonyl (C=O) groups excluding carboxylic acids is 1. The van der Waals surface area contributed by atoms with Crippen LogP contribution in [0.15, 0.2) is 0 Å². The van der Waals surface area contributed by atoms with Crippen LogP contribution in [0.1, 0.15) is 33.1 Å². The van der Waals surface area contributed by atoms with Crippen LogP contribution in [-0.4, -0.2) is 30.5 Å². The molecule has 0 radical (unpaired) electrons. The number of halogens is 1. The smallest absolute Gasteiger partial charge is 0.220 e. The number of unbranched alkanes of at least 4 members (excludes halogenated alkanes) is 1. The van der Waals surface area contributed by atoms with Gasteiger partial charge in [-0.2, -0.15) is 0 Å². The Morgan fingerprint density at radius 3 is 2.71 bits per heavy atom. The van der Waals surface area contributed by atoms with Crippen molar-refractivity contribution in [2.75, 3.05) is 18.5 Å². The van der Waals surface area contributed by atoms with Crippen LogP contribution in [-0.2, 0) is 9.53 Å². The quantitative estimate of drug-likeness (QED) is 0.539. The highest BCUT2D eigenvalue weighted by Gasteiger charge is 1.98. The van der Waals surface area contributed by atoms with Crippen molar-refractivity contribution >= 4 is 21.8 Å². The third-order valence-corrected chi connectivity index (χ3v) is 2.06. The van der Waals surface area contributed by atoms with Gasteiger partial charge in [0.2, 0.25) is 5.91 Å². The van der Waals surface area contributed by atoms with Gasteiger partial charge in [-0.1, -0.05) is 15.9 Å². The molecule has 0 saturated heterocycles. The summed E-state index contributed by atoms with van der Waals surface area (Å²) < 4.78 is 5.38. The molecule has 84 valence electrons. The Kier molecular flexibility index (Phi) is 9.40. The second kappa shape index (κ2) is 9.46. The summed E-state index contributed by atoms with van der Waals surface area (Å²) in [4.78, 5) is 11.0. The largest absolute Gasteiger partial charge is 0.379 e. The SMILES string of the molecule is CC(C)OCCCCNC(=O)CCBr. The van der Waals surface area contributed by atoms with Crippen molar-refractivity contribution in [3.8, 4) is 0 Å². The fourth-order valence-electron chi connectivity index (χ4n) is 0.948. The lowest BCUT2D eigenvalue weighted by molar-refractivity contribution is -0.120. The number of amides is 1. The standard InChI is InChI=1S/C10H20BrNO2/c1-9(2)14-8-4-3-7-12-10(13)5-6-11/h9H,3-8H2,1-2H3,(H,12,13). The Bertz CT molecular complexity index is 151. The molecule has 1 amide bonds. The maximum atomic E-state index is 11.0. The van der Waals surface area contributed by atoms with E-state index in [2.05, 4.69) is 21.2 Å². The van der Waals surface area contributed by atoms with Crippen LogP contribution in [0.4, 0.5) is 0 Å². The Balaban J connectivity index is 3.09. The maximum absolute atomic E-state index is 11.0. The van der Waals surface area contributed by atoms with Crippen LogP contribution < -0.4 is 5.32 Å². The molecule has 14 heavy (non-hydrogen) atoms. The van der Waals surface area contributed by atoms with E-state index in [1.165, 1.54) is 0 Å². The van der Waals surface area contributed by atoms with Crippen LogP contribution in [0.25, 0.3) is 0 Å².